The number of unbranched alkanes of at least 4 members (excludes halogenated alkanes) is 16. The van der Waals surface area contributed by atoms with Gasteiger partial charge in [-0.1, -0.05) is 110 Å². The quantitative estimate of drug-likeness (QED) is 0.0990. The molecule has 0 fully saturated rings. The molecule has 0 aliphatic carbocycles. The fourth-order valence-electron chi connectivity index (χ4n) is 4.12. The Morgan fingerprint density at radius 2 is 0.970 bits per heavy atom. The molecule has 4 heteroatoms. The highest BCUT2D eigenvalue weighted by molar-refractivity contribution is 5.70. The van der Waals surface area contributed by atoms with Crippen LogP contribution >= 0.6 is 0 Å². The monoisotopic (exact) mass is 468 g/mol. The molecule has 0 rings (SSSR count). The van der Waals surface area contributed by atoms with E-state index in [1.165, 1.54) is 89.9 Å². The van der Waals surface area contributed by atoms with Crippen molar-refractivity contribution in [2.45, 2.75) is 168 Å². The van der Waals surface area contributed by atoms with Gasteiger partial charge in [0.2, 0.25) is 0 Å². The van der Waals surface area contributed by atoms with Crippen molar-refractivity contribution in [3.8, 4) is 0 Å². The van der Waals surface area contributed by atoms with Crippen LogP contribution in [-0.2, 0) is 19.1 Å². The number of hydrogen-bond acceptors (Lipinski definition) is 4. The third-order valence-corrected chi connectivity index (χ3v) is 6.32. The zero-order chi connectivity index (χ0) is 24.4. The maximum absolute atomic E-state index is 11.9. The summed E-state index contributed by atoms with van der Waals surface area (Å²) in [7, 11) is 0. The summed E-state index contributed by atoms with van der Waals surface area (Å²) in [6, 6.07) is 0. The first-order chi connectivity index (χ1) is 16.1. The molecule has 1 unspecified atom stereocenters. The number of ether oxygens (including phenoxy) is 2. The standard InChI is InChI=1S/C29H56O4/c1-4-6-8-10-12-13-14-15-16-18-22-26-32-28(30)24-20-21-25-29(31)33-27(3)23-19-17-11-9-7-5-2/h27H,4-26H2,1-3H3. The molecule has 4 nitrogen and oxygen atoms in total. The molecule has 33 heavy (non-hydrogen) atoms. The van der Waals surface area contributed by atoms with E-state index in [1.54, 1.807) is 0 Å². The Bertz CT molecular complexity index is 435. The van der Waals surface area contributed by atoms with E-state index in [1.807, 2.05) is 6.92 Å². The molecule has 0 bridgehead atoms. The lowest BCUT2D eigenvalue weighted by Crippen LogP contribution is -2.14. The van der Waals surface area contributed by atoms with Gasteiger partial charge < -0.3 is 9.47 Å². The first-order valence-electron chi connectivity index (χ1n) is 14.4. The molecular weight excluding hydrogens is 412 g/mol. The molecule has 0 amide bonds. The lowest BCUT2D eigenvalue weighted by Gasteiger charge is -2.13. The van der Waals surface area contributed by atoms with Crippen LogP contribution in [0.3, 0.4) is 0 Å². The predicted molar refractivity (Wildman–Crippen MR) is 139 cm³/mol. The minimum absolute atomic E-state index is 0.000523. The van der Waals surface area contributed by atoms with E-state index in [4.69, 9.17) is 9.47 Å². The van der Waals surface area contributed by atoms with Gasteiger partial charge in [0.25, 0.3) is 0 Å². The SMILES string of the molecule is CCCCCCCCCCCCCOC(=O)CCCCC(=O)OC(C)CCCCCCCC. The van der Waals surface area contributed by atoms with Crippen LogP contribution in [0.2, 0.25) is 0 Å². The highest BCUT2D eigenvalue weighted by Gasteiger charge is 2.10. The van der Waals surface area contributed by atoms with Crippen molar-refractivity contribution in [1.29, 1.82) is 0 Å². The summed E-state index contributed by atoms with van der Waals surface area (Å²) in [6.45, 7) is 7.00. The second kappa shape index (κ2) is 25.6. The minimum Gasteiger partial charge on any atom is -0.466 e. The van der Waals surface area contributed by atoms with Crippen LogP contribution in [0.5, 0.6) is 0 Å². The number of esters is 2. The average Bonchev–Trinajstić information content (AvgIpc) is 2.79. The van der Waals surface area contributed by atoms with Gasteiger partial charge in [0, 0.05) is 12.8 Å². The second-order valence-electron chi connectivity index (χ2n) is 9.82. The summed E-state index contributed by atoms with van der Waals surface area (Å²) in [5, 5.41) is 0. The summed E-state index contributed by atoms with van der Waals surface area (Å²) >= 11 is 0. The molecule has 0 heterocycles. The van der Waals surface area contributed by atoms with Crippen LogP contribution in [0.1, 0.15) is 162 Å². The molecular formula is C29H56O4. The van der Waals surface area contributed by atoms with E-state index in [-0.39, 0.29) is 18.0 Å². The van der Waals surface area contributed by atoms with Crippen molar-refractivity contribution < 1.29 is 19.1 Å². The summed E-state index contributed by atoms with van der Waals surface area (Å²) in [5.74, 6) is -0.269. The minimum atomic E-state index is -0.136. The lowest BCUT2D eigenvalue weighted by molar-refractivity contribution is -0.149. The first kappa shape index (κ1) is 31.9. The zero-order valence-electron chi connectivity index (χ0n) is 22.5. The average molecular weight is 469 g/mol. The Kier molecular flexibility index (Phi) is 24.7. The molecule has 0 saturated heterocycles. The zero-order valence-corrected chi connectivity index (χ0v) is 22.5. The van der Waals surface area contributed by atoms with Gasteiger partial charge in [-0.3, -0.25) is 9.59 Å². The number of rotatable bonds is 25. The largest absolute Gasteiger partial charge is 0.466 e. The second-order valence-corrected chi connectivity index (χ2v) is 9.82. The van der Waals surface area contributed by atoms with Gasteiger partial charge in [0.1, 0.15) is 0 Å². The van der Waals surface area contributed by atoms with E-state index in [0.29, 0.717) is 32.3 Å². The first-order valence-corrected chi connectivity index (χ1v) is 14.4. The molecule has 0 radical (unpaired) electrons. The summed E-state index contributed by atoms with van der Waals surface area (Å²) in [6.07, 6.45) is 24.9. The molecule has 0 aliphatic heterocycles. The Labute approximate surface area is 206 Å². The number of carbonyl (C=O) groups excluding carboxylic acids is 2. The summed E-state index contributed by atoms with van der Waals surface area (Å²) < 4.78 is 10.8. The fraction of sp³-hybridized carbons (Fsp3) is 0.931. The summed E-state index contributed by atoms with van der Waals surface area (Å²) in [5.41, 5.74) is 0. The fourth-order valence-corrected chi connectivity index (χ4v) is 4.12. The Balaban J connectivity index is 3.40. The molecule has 0 aromatic carbocycles. The van der Waals surface area contributed by atoms with Crippen LogP contribution in [0.15, 0.2) is 0 Å². The highest BCUT2D eigenvalue weighted by atomic mass is 16.5. The van der Waals surface area contributed by atoms with Crippen LogP contribution in [0.4, 0.5) is 0 Å². The van der Waals surface area contributed by atoms with Gasteiger partial charge >= 0.3 is 11.9 Å². The number of hydrogen-bond donors (Lipinski definition) is 0. The van der Waals surface area contributed by atoms with Crippen LogP contribution in [-0.4, -0.2) is 24.6 Å². The maximum atomic E-state index is 11.9. The Morgan fingerprint density at radius 3 is 1.48 bits per heavy atom. The lowest BCUT2D eigenvalue weighted by atomic mass is 10.1. The van der Waals surface area contributed by atoms with Crippen LogP contribution in [0.25, 0.3) is 0 Å². The Hall–Kier alpha value is -1.06. The van der Waals surface area contributed by atoms with Crippen molar-refractivity contribution in [2.24, 2.45) is 0 Å². The Morgan fingerprint density at radius 1 is 0.545 bits per heavy atom. The number of carbonyl (C=O) groups is 2. The molecule has 0 spiro atoms. The van der Waals surface area contributed by atoms with Gasteiger partial charge in [-0.05, 0) is 39.0 Å². The topological polar surface area (TPSA) is 52.6 Å². The van der Waals surface area contributed by atoms with Gasteiger partial charge in [-0.2, -0.15) is 0 Å². The maximum Gasteiger partial charge on any atom is 0.306 e. The van der Waals surface area contributed by atoms with E-state index >= 15 is 0 Å². The highest BCUT2D eigenvalue weighted by Crippen LogP contribution is 2.13. The molecule has 0 aliphatic rings. The third kappa shape index (κ3) is 25.4. The smallest absolute Gasteiger partial charge is 0.306 e. The molecule has 0 aromatic heterocycles. The molecule has 0 aromatic rings. The molecule has 196 valence electrons. The van der Waals surface area contributed by atoms with Crippen LogP contribution < -0.4 is 0 Å². The van der Waals surface area contributed by atoms with Gasteiger partial charge in [-0.15, -0.1) is 0 Å². The predicted octanol–water partition coefficient (Wildman–Crippen LogP) is 9.08. The van der Waals surface area contributed by atoms with Crippen molar-refractivity contribution in [3.63, 3.8) is 0 Å². The van der Waals surface area contributed by atoms with E-state index in [0.717, 1.165) is 25.7 Å². The van der Waals surface area contributed by atoms with Gasteiger partial charge in [0.15, 0.2) is 0 Å². The third-order valence-electron chi connectivity index (χ3n) is 6.32. The van der Waals surface area contributed by atoms with Crippen molar-refractivity contribution >= 4 is 11.9 Å². The molecule has 0 N–H and O–H groups in total. The van der Waals surface area contributed by atoms with Crippen molar-refractivity contribution in [2.75, 3.05) is 6.61 Å². The summed E-state index contributed by atoms with van der Waals surface area (Å²) in [4.78, 5) is 23.8. The van der Waals surface area contributed by atoms with Crippen LogP contribution in [0, 0.1) is 0 Å². The van der Waals surface area contributed by atoms with E-state index < -0.39 is 0 Å². The van der Waals surface area contributed by atoms with E-state index in [2.05, 4.69) is 13.8 Å². The molecule has 0 saturated carbocycles. The molecule has 1 atom stereocenters. The van der Waals surface area contributed by atoms with E-state index in [9.17, 15) is 9.59 Å². The van der Waals surface area contributed by atoms with Gasteiger partial charge in [0.05, 0.1) is 12.7 Å². The van der Waals surface area contributed by atoms with Gasteiger partial charge in [-0.25, -0.2) is 0 Å². The van der Waals surface area contributed by atoms with Crippen molar-refractivity contribution in [1.82, 2.24) is 0 Å². The van der Waals surface area contributed by atoms with Crippen molar-refractivity contribution in [3.05, 3.63) is 0 Å². The normalized spacial score (nSPS) is 12.0.